The van der Waals surface area contributed by atoms with Crippen LogP contribution in [0.1, 0.15) is 11.1 Å². The molecule has 3 rings (SSSR count). The first-order valence-corrected chi connectivity index (χ1v) is 8.07. The van der Waals surface area contributed by atoms with Crippen LogP contribution >= 0.6 is 0 Å². The van der Waals surface area contributed by atoms with Crippen LogP contribution in [0.2, 0.25) is 0 Å². The molecule has 0 fully saturated rings. The number of pyridine rings is 1. The molecule has 3 heteroatoms. The summed E-state index contributed by atoms with van der Waals surface area (Å²) in [5.41, 5.74) is 6.90. The second-order valence-corrected chi connectivity index (χ2v) is 5.75. The lowest BCUT2D eigenvalue weighted by Crippen LogP contribution is -2.07. The molecule has 0 bridgehead atoms. The summed E-state index contributed by atoms with van der Waals surface area (Å²) in [6.07, 6.45) is 1.88. The van der Waals surface area contributed by atoms with Crippen molar-refractivity contribution in [1.29, 1.82) is 0 Å². The third-order valence-electron chi connectivity index (χ3n) is 4.25. The zero-order chi connectivity index (χ0) is 16.9. The van der Waals surface area contributed by atoms with E-state index < -0.39 is 0 Å². The van der Waals surface area contributed by atoms with E-state index in [1.165, 1.54) is 11.1 Å². The molecular weight excluding hydrogens is 296 g/mol. The molecule has 1 aromatic heterocycles. The molecule has 0 atom stereocenters. The van der Waals surface area contributed by atoms with E-state index in [4.69, 9.17) is 4.74 Å². The van der Waals surface area contributed by atoms with Crippen LogP contribution in [0.25, 0.3) is 22.4 Å². The summed E-state index contributed by atoms with van der Waals surface area (Å²) in [4.78, 5) is 4.66. The van der Waals surface area contributed by atoms with Gasteiger partial charge in [-0.1, -0.05) is 30.3 Å². The van der Waals surface area contributed by atoms with Crippen molar-refractivity contribution in [2.24, 2.45) is 0 Å². The molecule has 2 aromatic carbocycles. The van der Waals surface area contributed by atoms with Gasteiger partial charge in [-0.05, 0) is 60.5 Å². The predicted octanol–water partition coefficient (Wildman–Crippen LogP) is 4.45. The molecule has 0 amide bonds. The van der Waals surface area contributed by atoms with Crippen LogP contribution in [0, 0.1) is 6.92 Å². The third-order valence-corrected chi connectivity index (χ3v) is 4.25. The van der Waals surface area contributed by atoms with Crippen LogP contribution in [0.15, 0.2) is 60.8 Å². The van der Waals surface area contributed by atoms with Crippen LogP contribution in [0.5, 0.6) is 5.75 Å². The molecule has 0 aliphatic heterocycles. The molecule has 24 heavy (non-hydrogen) atoms. The minimum atomic E-state index is 0.832. The first-order chi connectivity index (χ1) is 11.7. The van der Waals surface area contributed by atoms with Gasteiger partial charge in [0.2, 0.25) is 0 Å². The van der Waals surface area contributed by atoms with E-state index in [1.807, 2.05) is 25.4 Å². The smallest absolute Gasteiger partial charge is 0.119 e. The standard InChI is InChI=1S/C21H22N2O/c1-15-17(14-22-2)11-12-23-21(15)19-10-9-18(24-3)13-20(19)16-7-5-4-6-8-16/h4-13,22H,14H2,1-3H3. The van der Waals surface area contributed by atoms with Gasteiger partial charge in [-0.2, -0.15) is 0 Å². The SMILES string of the molecule is CNCc1ccnc(-c2ccc(OC)cc2-c2ccccc2)c1C. The lowest BCUT2D eigenvalue weighted by molar-refractivity contribution is 0.415. The zero-order valence-electron chi connectivity index (χ0n) is 14.3. The highest BCUT2D eigenvalue weighted by atomic mass is 16.5. The monoisotopic (exact) mass is 318 g/mol. The van der Waals surface area contributed by atoms with Crippen LogP contribution in [0.4, 0.5) is 0 Å². The summed E-state index contributed by atoms with van der Waals surface area (Å²) in [6, 6.07) is 18.6. The summed E-state index contributed by atoms with van der Waals surface area (Å²) < 4.78 is 5.43. The van der Waals surface area contributed by atoms with Crippen molar-refractivity contribution in [2.45, 2.75) is 13.5 Å². The molecule has 0 unspecified atom stereocenters. The van der Waals surface area contributed by atoms with Gasteiger partial charge in [0.1, 0.15) is 5.75 Å². The molecule has 0 aliphatic rings. The van der Waals surface area contributed by atoms with Gasteiger partial charge in [-0.3, -0.25) is 4.98 Å². The van der Waals surface area contributed by atoms with Crippen molar-refractivity contribution in [3.05, 3.63) is 71.9 Å². The van der Waals surface area contributed by atoms with Crippen LogP contribution in [-0.2, 0) is 6.54 Å². The number of ether oxygens (including phenoxy) is 1. The number of aromatic nitrogens is 1. The average molecular weight is 318 g/mol. The van der Waals surface area contributed by atoms with E-state index in [0.717, 1.165) is 34.7 Å². The van der Waals surface area contributed by atoms with E-state index >= 15 is 0 Å². The van der Waals surface area contributed by atoms with Crippen molar-refractivity contribution in [2.75, 3.05) is 14.2 Å². The van der Waals surface area contributed by atoms with Crippen LogP contribution in [0.3, 0.4) is 0 Å². The Bertz CT molecular complexity index is 828. The van der Waals surface area contributed by atoms with Crippen molar-refractivity contribution in [3.63, 3.8) is 0 Å². The highest BCUT2D eigenvalue weighted by Crippen LogP contribution is 2.36. The number of methoxy groups -OCH3 is 1. The van der Waals surface area contributed by atoms with Gasteiger partial charge < -0.3 is 10.1 Å². The first-order valence-electron chi connectivity index (χ1n) is 8.07. The number of nitrogens with zero attached hydrogens (tertiary/aromatic N) is 1. The van der Waals surface area contributed by atoms with Gasteiger partial charge in [0.25, 0.3) is 0 Å². The van der Waals surface area contributed by atoms with Gasteiger partial charge >= 0.3 is 0 Å². The van der Waals surface area contributed by atoms with Gasteiger partial charge in [-0.25, -0.2) is 0 Å². The minimum absolute atomic E-state index is 0.832. The Balaban J connectivity index is 2.20. The number of benzene rings is 2. The molecule has 0 radical (unpaired) electrons. The van der Waals surface area contributed by atoms with Crippen LogP contribution < -0.4 is 10.1 Å². The molecular formula is C21H22N2O. The summed E-state index contributed by atoms with van der Waals surface area (Å²) in [5.74, 6) is 0.849. The van der Waals surface area contributed by atoms with Crippen LogP contribution in [-0.4, -0.2) is 19.1 Å². The maximum atomic E-state index is 5.43. The largest absolute Gasteiger partial charge is 0.497 e. The molecule has 3 nitrogen and oxygen atoms in total. The topological polar surface area (TPSA) is 34.2 Å². The summed E-state index contributed by atoms with van der Waals surface area (Å²) in [7, 11) is 3.66. The van der Waals surface area contributed by atoms with Crippen molar-refractivity contribution in [1.82, 2.24) is 10.3 Å². The van der Waals surface area contributed by atoms with E-state index in [-0.39, 0.29) is 0 Å². The molecule has 0 aliphatic carbocycles. The number of hydrogen-bond acceptors (Lipinski definition) is 3. The Morgan fingerprint density at radius 1 is 1.00 bits per heavy atom. The fourth-order valence-electron chi connectivity index (χ4n) is 2.94. The fourth-order valence-corrected chi connectivity index (χ4v) is 2.94. The van der Waals surface area contributed by atoms with E-state index in [9.17, 15) is 0 Å². The maximum absolute atomic E-state index is 5.43. The molecule has 0 saturated heterocycles. The van der Waals surface area contributed by atoms with Gasteiger partial charge in [0, 0.05) is 18.3 Å². The minimum Gasteiger partial charge on any atom is -0.497 e. The quantitative estimate of drug-likeness (QED) is 0.754. The highest BCUT2D eigenvalue weighted by Gasteiger charge is 2.14. The Morgan fingerprint density at radius 3 is 2.50 bits per heavy atom. The lowest BCUT2D eigenvalue weighted by atomic mass is 9.94. The van der Waals surface area contributed by atoms with Gasteiger partial charge in [0.05, 0.1) is 12.8 Å². The van der Waals surface area contributed by atoms with E-state index in [0.29, 0.717) is 0 Å². The number of nitrogens with one attached hydrogen (secondary N) is 1. The van der Waals surface area contributed by atoms with Crippen molar-refractivity contribution < 1.29 is 4.74 Å². The van der Waals surface area contributed by atoms with Gasteiger partial charge in [0.15, 0.2) is 0 Å². The molecule has 122 valence electrons. The fraction of sp³-hybridized carbons (Fsp3) is 0.190. The van der Waals surface area contributed by atoms with Crippen molar-refractivity contribution >= 4 is 0 Å². The summed E-state index contributed by atoms with van der Waals surface area (Å²) in [5, 5.41) is 3.22. The normalized spacial score (nSPS) is 10.6. The Kier molecular flexibility index (Phi) is 4.92. The molecule has 3 aromatic rings. The zero-order valence-corrected chi connectivity index (χ0v) is 14.3. The third kappa shape index (κ3) is 3.17. The second-order valence-electron chi connectivity index (χ2n) is 5.75. The molecule has 0 saturated carbocycles. The Morgan fingerprint density at radius 2 is 1.79 bits per heavy atom. The first kappa shape index (κ1) is 16.2. The Labute approximate surface area is 143 Å². The Hall–Kier alpha value is -2.65. The molecule has 0 spiro atoms. The second kappa shape index (κ2) is 7.28. The maximum Gasteiger partial charge on any atom is 0.119 e. The van der Waals surface area contributed by atoms with E-state index in [1.54, 1.807) is 7.11 Å². The average Bonchev–Trinajstić information content (AvgIpc) is 2.64. The number of rotatable bonds is 5. The molecule has 1 N–H and O–H groups in total. The van der Waals surface area contributed by atoms with Crippen molar-refractivity contribution in [3.8, 4) is 28.1 Å². The molecule has 1 heterocycles. The number of hydrogen-bond donors (Lipinski definition) is 1. The highest BCUT2D eigenvalue weighted by molar-refractivity contribution is 5.84. The lowest BCUT2D eigenvalue weighted by Gasteiger charge is -2.15. The van der Waals surface area contributed by atoms with Gasteiger partial charge in [-0.15, -0.1) is 0 Å². The summed E-state index contributed by atoms with van der Waals surface area (Å²) >= 11 is 0. The summed E-state index contributed by atoms with van der Waals surface area (Å²) in [6.45, 7) is 2.96. The predicted molar refractivity (Wildman–Crippen MR) is 99.2 cm³/mol. The van der Waals surface area contributed by atoms with E-state index in [2.05, 4.69) is 59.7 Å².